The summed E-state index contributed by atoms with van der Waals surface area (Å²) < 4.78 is 14.9. The highest BCUT2D eigenvalue weighted by molar-refractivity contribution is 6.85. The lowest BCUT2D eigenvalue weighted by atomic mass is 10.9. The molecule has 0 atom stereocenters. The fourth-order valence-electron chi connectivity index (χ4n) is 1.35. The molecule has 3 nitrogen and oxygen atoms in total. The molecule has 0 unspecified atom stereocenters. The molecule has 0 rings (SSSR count). The van der Waals surface area contributed by atoms with E-state index < -0.39 is 17.0 Å². The lowest BCUT2D eigenvalue weighted by Gasteiger charge is -2.32. The Bertz CT molecular complexity index is 142. The van der Waals surface area contributed by atoms with Crippen LogP contribution in [0.1, 0.15) is 13.8 Å². The van der Waals surface area contributed by atoms with E-state index in [1.54, 1.807) is 0 Å². The molecule has 5 heteroatoms. The molecule has 0 aliphatic rings. The highest BCUT2D eigenvalue weighted by atomic mass is 28.4. The van der Waals surface area contributed by atoms with Gasteiger partial charge in [-0.3, -0.25) is 0 Å². The maximum atomic E-state index is 5.69. The lowest BCUT2D eigenvalue weighted by Crippen LogP contribution is -2.62. The summed E-state index contributed by atoms with van der Waals surface area (Å²) in [7, 11) is -3.38. The summed E-state index contributed by atoms with van der Waals surface area (Å²) >= 11 is 0. The second kappa shape index (κ2) is 5.26. The average molecular weight is 221 g/mol. The van der Waals surface area contributed by atoms with Gasteiger partial charge < -0.3 is 13.5 Å². The third kappa shape index (κ3) is 6.39. The molecule has 0 aliphatic carbocycles. The van der Waals surface area contributed by atoms with E-state index in [9.17, 15) is 0 Å². The smallest absolute Gasteiger partial charge is 0.383 e. The second-order valence-corrected chi connectivity index (χ2v) is 12.2. The van der Waals surface area contributed by atoms with Crippen LogP contribution in [0.3, 0.4) is 0 Å². The quantitative estimate of drug-likeness (QED) is 0.697. The van der Waals surface area contributed by atoms with Gasteiger partial charge in [-0.1, -0.05) is 19.6 Å². The van der Waals surface area contributed by atoms with Gasteiger partial charge in [-0.05, 0) is 20.4 Å². The molecule has 0 heterocycles. The molecule has 0 fully saturated rings. The van der Waals surface area contributed by atoms with Gasteiger partial charge in [0, 0.05) is 13.2 Å². The van der Waals surface area contributed by atoms with Crippen molar-refractivity contribution in [1.29, 1.82) is 0 Å². The highest BCUT2D eigenvalue weighted by Crippen LogP contribution is 2.08. The molecule has 1 N–H and O–H groups in total. The van der Waals surface area contributed by atoms with Gasteiger partial charge in [0.1, 0.15) is 8.24 Å². The lowest BCUT2D eigenvalue weighted by molar-refractivity contribution is 0.184. The maximum Gasteiger partial charge on any atom is 0.415 e. The van der Waals surface area contributed by atoms with Crippen LogP contribution in [-0.4, -0.2) is 30.2 Å². The summed E-state index contributed by atoms with van der Waals surface area (Å²) in [5, 5.41) is 0. The Morgan fingerprint density at radius 3 is 1.54 bits per heavy atom. The highest BCUT2D eigenvalue weighted by Gasteiger charge is 2.36. The summed E-state index contributed by atoms with van der Waals surface area (Å²) in [5.74, 6) is 0. The van der Waals surface area contributed by atoms with Crippen LogP contribution >= 0.6 is 0 Å². The predicted octanol–water partition coefficient (Wildman–Crippen LogP) is 2.05. The van der Waals surface area contributed by atoms with Gasteiger partial charge in [0.15, 0.2) is 0 Å². The molecule has 80 valence electrons. The van der Waals surface area contributed by atoms with Gasteiger partial charge in [0.25, 0.3) is 0 Å². The van der Waals surface area contributed by atoms with Crippen molar-refractivity contribution < 1.29 is 8.85 Å². The molecule has 0 aliphatic heterocycles. The fourth-order valence-corrected chi connectivity index (χ4v) is 8.56. The first-order valence-corrected chi connectivity index (χ1v) is 10.7. The molecule has 0 aromatic rings. The van der Waals surface area contributed by atoms with Crippen molar-refractivity contribution in [2.45, 2.75) is 40.0 Å². The van der Waals surface area contributed by atoms with E-state index in [1.807, 2.05) is 13.8 Å². The number of hydrogen-bond acceptors (Lipinski definition) is 3. The zero-order valence-electron chi connectivity index (χ0n) is 9.73. The van der Waals surface area contributed by atoms with Crippen molar-refractivity contribution in [3.05, 3.63) is 0 Å². The van der Waals surface area contributed by atoms with E-state index >= 15 is 0 Å². The van der Waals surface area contributed by atoms with Crippen LogP contribution < -0.4 is 4.65 Å². The van der Waals surface area contributed by atoms with E-state index in [-0.39, 0.29) is 0 Å². The summed E-state index contributed by atoms with van der Waals surface area (Å²) in [6.07, 6.45) is 0. The monoisotopic (exact) mass is 221 g/mol. The van der Waals surface area contributed by atoms with Gasteiger partial charge in [-0.2, -0.15) is 0 Å². The zero-order chi connectivity index (χ0) is 10.5. The SMILES string of the molecule is CCO[Si](C)(N[Si](C)(C)C)OCC. The Balaban J connectivity index is 4.22. The van der Waals surface area contributed by atoms with Crippen LogP contribution in [0.15, 0.2) is 0 Å². The summed E-state index contributed by atoms with van der Waals surface area (Å²) in [4.78, 5) is 0. The molecule has 0 spiro atoms. The summed E-state index contributed by atoms with van der Waals surface area (Å²) in [6, 6.07) is 0. The Kier molecular flexibility index (Phi) is 5.38. The maximum absolute atomic E-state index is 5.69. The third-order valence-electron chi connectivity index (χ3n) is 1.44. The van der Waals surface area contributed by atoms with Crippen LogP contribution in [-0.2, 0) is 8.85 Å². The first-order valence-electron chi connectivity index (χ1n) is 4.90. The third-order valence-corrected chi connectivity index (χ3v) is 7.94. The van der Waals surface area contributed by atoms with Crippen LogP contribution in [0, 0.1) is 0 Å². The van der Waals surface area contributed by atoms with Crippen molar-refractivity contribution in [3.8, 4) is 0 Å². The average Bonchev–Trinajstić information content (AvgIpc) is 1.82. The number of hydrogen-bond donors (Lipinski definition) is 1. The predicted molar refractivity (Wildman–Crippen MR) is 61.4 cm³/mol. The van der Waals surface area contributed by atoms with Gasteiger partial charge in [-0.15, -0.1) is 0 Å². The topological polar surface area (TPSA) is 30.5 Å². The van der Waals surface area contributed by atoms with Crippen molar-refractivity contribution in [2.75, 3.05) is 13.2 Å². The van der Waals surface area contributed by atoms with Gasteiger partial charge >= 0.3 is 8.72 Å². The van der Waals surface area contributed by atoms with E-state index in [2.05, 4.69) is 30.8 Å². The van der Waals surface area contributed by atoms with Crippen molar-refractivity contribution in [2.24, 2.45) is 0 Å². The van der Waals surface area contributed by atoms with E-state index in [4.69, 9.17) is 8.85 Å². The van der Waals surface area contributed by atoms with Crippen LogP contribution in [0.4, 0.5) is 0 Å². The van der Waals surface area contributed by atoms with Crippen LogP contribution in [0.2, 0.25) is 26.2 Å². The van der Waals surface area contributed by atoms with E-state index in [0.717, 1.165) is 13.2 Å². The minimum Gasteiger partial charge on any atom is -0.383 e. The molecule has 0 amide bonds. The molecule has 0 saturated heterocycles. The molecule has 0 saturated carbocycles. The first kappa shape index (κ1) is 13.3. The van der Waals surface area contributed by atoms with Crippen molar-refractivity contribution in [1.82, 2.24) is 4.65 Å². The Morgan fingerprint density at radius 1 is 0.923 bits per heavy atom. The van der Waals surface area contributed by atoms with Gasteiger partial charge in [0.2, 0.25) is 0 Å². The molecular formula is C8H23NO2Si2. The number of nitrogens with one attached hydrogen (secondary N) is 1. The minimum atomic E-state index is -2.07. The Morgan fingerprint density at radius 2 is 1.31 bits per heavy atom. The molecule has 0 radical (unpaired) electrons. The second-order valence-electron chi connectivity index (χ2n) is 4.19. The largest absolute Gasteiger partial charge is 0.415 e. The minimum absolute atomic E-state index is 0.722. The van der Waals surface area contributed by atoms with E-state index in [0.29, 0.717) is 0 Å². The molecular weight excluding hydrogens is 198 g/mol. The number of rotatable bonds is 6. The standard InChI is InChI=1S/C8H23NO2Si2/c1-7-10-13(6,11-8-2)9-12(3,4)5/h9H,7-8H2,1-6H3. The van der Waals surface area contributed by atoms with Crippen molar-refractivity contribution >= 4 is 17.0 Å². The summed E-state index contributed by atoms with van der Waals surface area (Å²) in [5.41, 5.74) is 0. The van der Waals surface area contributed by atoms with Crippen LogP contribution in [0.5, 0.6) is 0 Å². The normalized spacial score (nSPS) is 13.4. The molecule has 0 aromatic carbocycles. The zero-order valence-corrected chi connectivity index (χ0v) is 11.7. The molecule has 13 heavy (non-hydrogen) atoms. The molecule has 0 aromatic heterocycles. The summed E-state index contributed by atoms with van der Waals surface area (Å²) in [6.45, 7) is 14.3. The van der Waals surface area contributed by atoms with Gasteiger partial charge in [-0.25, -0.2) is 0 Å². The van der Waals surface area contributed by atoms with Crippen molar-refractivity contribution in [3.63, 3.8) is 0 Å². The van der Waals surface area contributed by atoms with Crippen LogP contribution in [0.25, 0.3) is 0 Å². The van der Waals surface area contributed by atoms with E-state index in [1.165, 1.54) is 0 Å². The Labute approximate surface area is 84.2 Å². The fraction of sp³-hybridized carbons (Fsp3) is 1.00. The molecule has 0 bridgehead atoms. The van der Waals surface area contributed by atoms with Gasteiger partial charge in [0.05, 0.1) is 0 Å². The first-order chi connectivity index (χ1) is 5.83. The Hall–Kier alpha value is 0.314.